The monoisotopic (exact) mass is 653 g/mol. The number of hydrogen-bond donors (Lipinski definition) is 2. The summed E-state index contributed by atoms with van der Waals surface area (Å²) in [5.74, 6) is -0.610. The molecule has 3 aliphatic heterocycles. The second-order valence-corrected chi connectivity index (χ2v) is 12.3. The van der Waals surface area contributed by atoms with Gasteiger partial charge in [0.25, 0.3) is 17.7 Å². The Morgan fingerprint density at radius 3 is 2.48 bits per heavy atom. The van der Waals surface area contributed by atoms with E-state index in [1.807, 2.05) is 30.9 Å². The van der Waals surface area contributed by atoms with Gasteiger partial charge >= 0.3 is 0 Å². The van der Waals surface area contributed by atoms with Crippen LogP contribution in [0.3, 0.4) is 0 Å². The van der Waals surface area contributed by atoms with Gasteiger partial charge in [0, 0.05) is 86.5 Å². The minimum Gasteiger partial charge on any atom is -0.387 e. The Morgan fingerprint density at radius 2 is 1.75 bits per heavy atom. The van der Waals surface area contributed by atoms with Crippen LogP contribution < -0.4 is 11.1 Å². The number of pyridine rings is 1. The van der Waals surface area contributed by atoms with E-state index in [1.54, 1.807) is 29.3 Å². The number of rotatable bonds is 13. The second-order valence-electron chi connectivity index (χ2n) is 12.3. The number of benzene rings is 1. The van der Waals surface area contributed by atoms with Crippen molar-refractivity contribution in [3.63, 3.8) is 0 Å². The van der Waals surface area contributed by atoms with Gasteiger partial charge in [-0.05, 0) is 55.5 Å². The summed E-state index contributed by atoms with van der Waals surface area (Å²) in [4.78, 5) is 76.8. The molecule has 0 unspecified atom stereocenters. The van der Waals surface area contributed by atoms with Crippen LogP contribution in [0.2, 0.25) is 0 Å². The molecule has 4 heterocycles. The van der Waals surface area contributed by atoms with Crippen molar-refractivity contribution in [2.45, 2.75) is 71.8 Å². The molecule has 252 valence electrons. The molecule has 0 saturated carbocycles. The molecule has 5 amide bonds. The van der Waals surface area contributed by atoms with Gasteiger partial charge in [-0.1, -0.05) is 26.3 Å². The summed E-state index contributed by atoms with van der Waals surface area (Å²) >= 11 is 0. The summed E-state index contributed by atoms with van der Waals surface area (Å²) in [6, 6.07) is 7.00. The van der Waals surface area contributed by atoms with Crippen molar-refractivity contribution in [2.75, 3.05) is 31.5 Å². The second kappa shape index (κ2) is 15.6. The molecule has 0 atom stereocenters. The number of amides is 5. The molecule has 3 N–H and O–H groups in total. The van der Waals surface area contributed by atoms with Crippen molar-refractivity contribution < 1.29 is 24.0 Å². The summed E-state index contributed by atoms with van der Waals surface area (Å²) < 4.78 is 0. The number of aliphatic imine (C=N–C) groups is 1. The number of carbonyl (C=O) groups excluding carboxylic acids is 5. The number of anilines is 1. The normalized spacial score (nSPS) is 15.4. The quantitative estimate of drug-likeness (QED) is 0.243. The van der Waals surface area contributed by atoms with Crippen molar-refractivity contribution in [1.29, 1.82) is 0 Å². The standard InChI is InChI=1S/C36H43N7O5/c1-3-14-41(15-4-2)36(48)26-18-24-9-10-25(20-30(24)40-31(37)21-26)35(47)39-28-19-27-23-42(17-13-29(27)38-22-28)32(44)8-6-5-7-16-43-33(45)11-12-34(43)46/h9-12,18-20,22H,3-8,13-17,21,23H2,1-2H3,(H2,37,40)(H,39,47). The molecule has 12 nitrogen and oxygen atoms in total. The van der Waals surface area contributed by atoms with E-state index >= 15 is 0 Å². The van der Waals surface area contributed by atoms with Crippen LogP contribution in [0.25, 0.3) is 6.08 Å². The predicted octanol–water partition coefficient (Wildman–Crippen LogP) is 4.13. The Balaban J connectivity index is 1.18. The fourth-order valence-corrected chi connectivity index (χ4v) is 6.17. The summed E-state index contributed by atoms with van der Waals surface area (Å²) in [5, 5.41) is 2.92. The molecule has 12 heteroatoms. The first kappa shape index (κ1) is 34.2. The first-order chi connectivity index (χ1) is 23.2. The van der Waals surface area contributed by atoms with E-state index in [0.717, 1.165) is 36.1 Å². The van der Waals surface area contributed by atoms with E-state index < -0.39 is 0 Å². The smallest absolute Gasteiger partial charge is 0.255 e. The Bertz CT molecular complexity index is 1670. The van der Waals surface area contributed by atoms with E-state index in [2.05, 4.69) is 15.3 Å². The Kier molecular flexibility index (Phi) is 11.1. The number of nitrogens with zero attached hydrogens (tertiary/aromatic N) is 5. The lowest BCUT2D eigenvalue weighted by molar-refractivity contribution is -0.137. The zero-order valence-electron chi connectivity index (χ0n) is 27.7. The zero-order valence-corrected chi connectivity index (χ0v) is 27.7. The summed E-state index contributed by atoms with van der Waals surface area (Å²) in [5.41, 5.74) is 10.7. The number of hydrogen-bond acceptors (Lipinski definition) is 8. The minimum absolute atomic E-state index is 0.0391. The first-order valence-corrected chi connectivity index (χ1v) is 16.7. The fraction of sp³-hybridized carbons (Fsp3) is 0.417. The van der Waals surface area contributed by atoms with Crippen LogP contribution in [0.4, 0.5) is 11.4 Å². The molecule has 0 aliphatic carbocycles. The van der Waals surface area contributed by atoms with E-state index in [9.17, 15) is 24.0 Å². The van der Waals surface area contributed by atoms with Crippen molar-refractivity contribution in [3.8, 4) is 0 Å². The molecular formula is C36H43N7O5. The van der Waals surface area contributed by atoms with Crippen molar-refractivity contribution in [2.24, 2.45) is 10.7 Å². The van der Waals surface area contributed by atoms with Crippen molar-refractivity contribution in [3.05, 3.63) is 70.6 Å². The van der Waals surface area contributed by atoms with Crippen LogP contribution in [0.15, 0.2) is 53.2 Å². The third-order valence-electron chi connectivity index (χ3n) is 8.63. The van der Waals surface area contributed by atoms with E-state index in [-0.39, 0.29) is 36.0 Å². The SMILES string of the molecule is CCCN(CCC)C(=O)C1=Cc2ccc(C(=O)Nc3cnc4c(c3)CN(C(=O)CCCCCN3C(=O)C=CC3=O)CC4)cc2N=C(N)C1. The molecule has 48 heavy (non-hydrogen) atoms. The molecule has 0 fully saturated rings. The Hall–Kier alpha value is -5.13. The number of unbranched alkanes of at least 4 members (excludes halogenated alkanes) is 2. The maximum atomic E-state index is 13.3. The zero-order chi connectivity index (χ0) is 34.2. The van der Waals surface area contributed by atoms with Gasteiger partial charge in [-0.15, -0.1) is 0 Å². The number of carbonyl (C=O) groups is 5. The van der Waals surface area contributed by atoms with E-state index in [1.165, 1.54) is 17.1 Å². The number of nitrogens with two attached hydrogens (primary N) is 1. The maximum Gasteiger partial charge on any atom is 0.255 e. The lowest BCUT2D eigenvalue weighted by Gasteiger charge is -2.28. The molecular weight excluding hydrogens is 610 g/mol. The number of aromatic nitrogens is 1. The minimum atomic E-state index is -0.341. The Morgan fingerprint density at radius 1 is 1.00 bits per heavy atom. The van der Waals surface area contributed by atoms with E-state index in [0.29, 0.717) is 86.8 Å². The van der Waals surface area contributed by atoms with Gasteiger partial charge in [-0.2, -0.15) is 0 Å². The fourth-order valence-electron chi connectivity index (χ4n) is 6.17. The van der Waals surface area contributed by atoms with Gasteiger partial charge < -0.3 is 20.9 Å². The summed E-state index contributed by atoms with van der Waals surface area (Å²) in [6.07, 6.45) is 11.0. The van der Waals surface area contributed by atoms with Crippen molar-refractivity contribution in [1.82, 2.24) is 19.7 Å². The van der Waals surface area contributed by atoms with Crippen molar-refractivity contribution >= 4 is 52.8 Å². The maximum absolute atomic E-state index is 13.3. The molecule has 0 saturated heterocycles. The number of imide groups is 1. The Labute approximate surface area is 280 Å². The van der Waals surface area contributed by atoms with Crippen LogP contribution >= 0.6 is 0 Å². The highest BCUT2D eigenvalue weighted by Gasteiger charge is 2.25. The average molecular weight is 654 g/mol. The van der Waals surface area contributed by atoms with Gasteiger partial charge in [0.2, 0.25) is 11.8 Å². The lowest BCUT2D eigenvalue weighted by Crippen LogP contribution is -2.36. The van der Waals surface area contributed by atoms with E-state index in [4.69, 9.17) is 5.73 Å². The molecule has 5 rings (SSSR count). The van der Waals surface area contributed by atoms with Crippen LogP contribution in [0.1, 0.15) is 86.0 Å². The highest BCUT2D eigenvalue weighted by Crippen LogP contribution is 2.29. The first-order valence-electron chi connectivity index (χ1n) is 16.7. The molecule has 3 aliphatic rings. The summed E-state index contributed by atoms with van der Waals surface area (Å²) in [7, 11) is 0. The van der Waals surface area contributed by atoms with Crippen LogP contribution in [0, 0.1) is 0 Å². The predicted molar refractivity (Wildman–Crippen MR) is 183 cm³/mol. The molecule has 0 bridgehead atoms. The summed E-state index contributed by atoms with van der Waals surface area (Å²) in [6.45, 7) is 6.77. The highest BCUT2D eigenvalue weighted by molar-refractivity contribution is 6.13. The highest BCUT2D eigenvalue weighted by atomic mass is 16.2. The molecule has 0 radical (unpaired) electrons. The van der Waals surface area contributed by atoms with Gasteiger partial charge in [-0.3, -0.25) is 33.9 Å². The molecule has 2 aromatic rings. The van der Waals surface area contributed by atoms with Gasteiger partial charge in [0.15, 0.2) is 0 Å². The molecule has 1 aromatic carbocycles. The average Bonchev–Trinajstić information content (AvgIpc) is 3.29. The number of amidine groups is 1. The topological polar surface area (TPSA) is 158 Å². The number of nitrogens with one attached hydrogen (secondary N) is 1. The number of fused-ring (bicyclic) bond motifs is 2. The third kappa shape index (κ3) is 8.23. The van der Waals surface area contributed by atoms with Crippen LogP contribution in [0.5, 0.6) is 0 Å². The van der Waals surface area contributed by atoms with Gasteiger partial charge in [0.05, 0.1) is 17.6 Å². The van der Waals surface area contributed by atoms with Gasteiger partial charge in [0.1, 0.15) is 5.84 Å². The molecule has 1 aromatic heterocycles. The van der Waals surface area contributed by atoms with Crippen LogP contribution in [-0.2, 0) is 32.1 Å². The van der Waals surface area contributed by atoms with Crippen LogP contribution in [-0.4, -0.2) is 81.2 Å². The lowest BCUT2D eigenvalue weighted by atomic mass is 10.0. The molecule has 0 spiro atoms. The largest absolute Gasteiger partial charge is 0.387 e. The van der Waals surface area contributed by atoms with Gasteiger partial charge in [-0.25, -0.2) is 4.99 Å². The third-order valence-corrected chi connectivity index (χ3v) is 8.63.